The molecule has 7 heteroatoms. The van der Waals surface area contributed by atoms with Gasteiger partial charge in [0.2, 0.25) is 5.91 Å². The van der Waals surface area contributed by atoms with Crippen LogP contribution in [-0.2, 0) is 9.59 Å². The summed E-state index contributed by atoms with van der Waals surface area (Å²) >= 11 is 0. The fraction of sp³-hybridized carbons (Fsp3) is 0.571. The zero-order chi connectivity index (χ0) is 15.6. The smallest absolute Gasteiger partial charge is 0.305 e. The summed E-state index contributed by atoms with van der Waals surface area (Å²) in [5, 5.41) is 11.7. The summed E-state index contributed by atoms with van der Waals surface area (Å²) in [5.74, 6) is 0.209. The molecular weight excluding hydrogens is 272 g/mol. The number of rotatable bonds is 4. The molecule has 1 aliphatic rings. The van der Waals surface area contributed by atoms with Gasteiger partial charge >= 0.3 is 5.97 Å². The average Bonchev–Trinajstić information content (AvgIpc) is 2.39. The lowest BCUT2D eigenvalue weighted by Crippen LogP contribution is -2.56. The standard InChI is InChI=1S/C14H20N4O3/c1-8(2)13-16-9(3)6-11(17-13)18-5-4-15-14(21)10(18)7-12(19)20/h6,8,10H,4-5,7H2,1-3H3,(H,15,21)(H,19,20). The zero-order valence-corrected chi connectivity index (χ0v) is 12.5. The second-order valence-corrected chi connectivity index (χ2v) is 5.48. The number of hydrogen-bond acceptors (Lipinski definition) is 5. The van der Waals surface area contributed by atoms with Gasteiger partial charge in [0.05, 0.1) is 6.42 Å². The van der Waals surface area contributed by atoms with Crippen LogP contribution in [-0.4, -0.2) is 46.1 Å². The normalized spacial score (nSPS) is 18.8. The van der Waals surface area contributed by atoms with Crippen molar-refractivity contribution in [3.05, 3.63) is 17.6 Å². The number of hydrogen-bond donors (Lipinski definition) is 2. The second-order valence-electron chi connectivity index (χ2n) is 5.48. The molecule has 2 rings (SSSR count). The Morgan fingerprint density at radius 3 is 2.86 bits per heavy atom. The van der Waals surface area contributed by atoms with E-state index in [0.717, 1.165) is 5.69 Å². The van der Waals surface area contributed by atoms with Crippen molar-refractivity contribution in [1.82, 2.24) is 15.3 Å². The van der Waals surface area contributed by atoms with Crippen molar-refractivity contribution in [2.75, 3.05) is 18.0 Å². The van der Waals surface area contributed by atoms with E-state index >= 15 is 0 Å². The summed E-state index contributed by atoms with van der Waals surface area (Å²) in [7, 11) is 0. The van der Waals surface area contributed by atoms with Gasteiger partial charge in [-0.05, 0) is 6.92 Å². The fourth-order valence-electron chi connectivity index (χ4n) is 2.34. The Bertz CT molecular complexity index is 559. The quantitative estimate of drug-likeness (QED) is 0.847. The molecule has 0 bridgehead atoms. The number of nitrogens with zero attached hydrogens (tertiary/aromatic N) is 3. The maximum Gasteiger partial charge on any atom is 0.305 e. The second kappa shape index (κ2) is 6.07. The number of carboxylic acid groups (broad SMARTS) is 1. The summed E-state index contributed by atoms with van der Waals surface area (Å²) in [6.45, 7) is 6.88. The molecule has 0 aliphatic carbocycles. The number of aryl methyl sites for hydroxylation is 1. The van der Waals surface area contributed by atoms with Crippen LogP contribution in [0.3, 0.4) is 0 Å². The van der Waals surface area contributed by atoms with E-state index < -0.39 is 12.0 Å². The van der Waals surface area contributed by atoms with Crippen molar-refractivity contribution in [3.63, 3.8) is 0 Å². The molecule has 1 unspecified atom stereocenters. The number of amides is 1. The van der Waals surface area contributed by atoms with E-state index in [1.54, 1.807) is 11.0 Å². The molecule has 1 atom stereocenters. The molecule has 21 heavy (non-hydrogen) atoms. The number of carbonyl (C=O) groups excluding carboxylic acids is 1. The SMILES string of the molecule is Cc1cc(N2CCNC(=O)C2CC(=O)O)nc(C(C)C)n1. The van der Waals surface area contributed by atoms with E-state index in [4.69, 9.17) is 5.11 Å². The molecule has 0 saturated carbocycles. The molecule has 114 valence electrons. The van der Waals surface area contributed by atoms with Gasteiger partial charge < -0.3 is 15.3 Å². The van der Waals surface area contributed by atoms with Crippen LogP contribution in [0, 0.1) is 6.92 Å². The third-order valence-electron chi connectivity index (χ3n) is 3.37. The number of aromatic nitrogens is 2. The van der Waals surface area contributed by atoms with Gasteiger partial charge in [-0.3, -0.25) is 9.59 Å². The van der Waals surface area contributed by atoms with Crippen LogP contribution in [0.1, 0.15) is 37.7 Å². The predicted molar refractivity (Wildman–Crippen MR) is 77.3 cm³/mol. The van der Waals surface area contributed by atoms with Crippen LogP contribution >= 0.6 is 0 Å². The first-order chi connectivity index (χ1) is 9.88. The van der Waals surface area contributed by atoms with Crippen LogP contribution in [0.4, 0.5) is 5.82 Å². The minimum absolute atomic E-state index is 0.167. The van der Waals surface area contributed by atoms with Gasteiger partial charge in [-0.25, -0.2) is 9.97 Å². The minimum atomic E-state index is -1.00. The maximum atomic E-state index is 12.0. The lowest BCUT2D eigenvalue weighted by atomic mass is 10.1. The van der Waals surface area contributed by atoms with E-state index in [2.05, 4.69) is 15.3 Å². The van der Waals surface area contributed by atoms with Crippen LogP contribution < -0.4 is 10.2 Å². The summed E-state index contributed by atoms with van der Waals surface area (Å²) in [6.07, 6.45) is -0.244. The van der Waals surface area contributed by atoms with Crippen molar-refractivity contribution >= 4 is 17.7 Å². The van der Waals surface area contributed by atoms with E-state index in [1.807, 2.05) is 20.8 Å². The lowest BCUT2D eigenvalue weighted by Gasteiger charge is -2.35. The highest BCUT2D eigenvalue weighted by Gasteiger charge is 2.32. The number of anilines is 1. The highest BCUT2D eigenvalue weighted by molar-refractivity contribution is 5.90. The first kappa shape index (κ1) is 15.2. The Morgan fingerprint density at radius 2 is 2.24 bits per heavy atom. The minimum Gasteiger partial charge on any atom is -0.481 e. The molecule has 1 aromatic heterocycles. The van der Waals surface area contributed by atoms with Crippen LogP contribution in [0.25, 0.3) is 0 Å². The Labute approximate surface area is 123 Å². The Balaban J connectivity index is 2.37. The number of aliphatic carboxylic acids is 1. The van der Waals surface area contributed by atoms with Gasteiger partial charge in [0.25, 0.3) is 0 Å². The number of carboxylic acids is 1. The average molecular weight is 292 g/mol. The molecule has 1 fully saturated rings. The Kier molecular flexibility index (Phi) is 4.40. The largest absolute Gasteiger partial charge is 0.481 e. The number of piperazine rings is 1. The molecule has 0 aromatic carbocycles. The monoisotopic (exact) mass is 292 g/mol. The Hall–Kier alpha value is -2.18. The highest BCUT2D eigenvalue weighted by Crippen LogP contribution is 2.21. The van der Waals surface area contributed by atoms with Crippen LogP contribution in [0.15, 0.2) is 6.07 Å². The summed E-state index contributed by atoms with van der Waals surface area (Å²) < 4.78 is 0. The van der Waals surface area contributed by atoms with Gasteiger partial charge in [-0.1, -0.05) is 13.8 Å². The van der Waals surface area contributed by atoms with Gasteiger partial charge in [0, 0.05) is 30.8 Å². The number of carbonyl (C=O) groups is 2. The van der Waals surface area contributed by atoms with E-state index in [1.165, 1.54) is 0 Å². The van der Waals surface area contributed by atoms with Gasteiger partial charge in [-0.15, -0.1) is 0 Å². The summed E-state index contributed by atoms with van der Waals surface area (Å²) in [4.78, 5) is 33.6. The van der Waals surface area contributed by atoms with Crippen molar-refractivity contribution < 1.29 is 14.7 Å². The van der Waals surface area contributed by atoms with Gasteiger partial charge in [0.15, 0.2) is 0 Å². The van der Waals surface area contributed by atoms with E-state index in [-0.39, 0.29) is 18.2 Å². The van der Waals surface area contributed by atoms with E-state index in [9.17, 15) is 9.59 Å². The highest BCUT2D eigenvalue weighted by atomic mass is 16.4. The molecule has 1 aliphatic heterocycles. The molecule has 1 saturated heterocycles. The molecule has 1 aromatic rings. The van der Waals surface area contributed by atoms with Crippen LogP contribution in [0.5, 0.6) is 0 Å². The Morgan fingerprint density at radius 1 is 1.52 bits per heavy atom. The van der Waals surface area contributed by atoms with Gasteiger partial charge in [0.1, 0.15) is 17.7 Å². The van der Waals surface area contributed by atoms with Crippen molar-refractivity contribution in [1.29, 1.82) is 0 Å². The third kappa shape index (κ3) is 3.48. The summed E-state index contributed by atoms with van der Waals surface area (Å²) in [6, 6.07) is 1.06. The molecule has 0 spiro atoms. The molecular formula is C14H20N4O3. The molecule has 7 nitrogen and oxygen atoms in total. The molecule has 2 heterocycles. The lowest BCUT2D eigenvalue weighted by molar-refractivity contribution is -0.139. The number of nitrogens with one attached hydrogen (secondary N) is 1. The molecule has 2 N–H and O–H groups in total. The van der Waals surface area contributed by atoms with Gasteiger partial charge in [-0.2, -0.15) is 0 Å². The molecule has 0 radical (unpaired) electrons. The summed E-state index contributed by atoms with van der Waals surface area (Å²) in [5.41, 5.74) is 0.809. The van der Waals surface area contributed by atoms with Crippen molar-refractivity contribution in [2.24, 2.45) is 0 Å². The first-order valence-electron chi connectivity index (χ1n) is 7.00. The fourth-order valence-corrected chi connectivity index (χ4v) is 2.34. The first-order valence-corrected chi connectivity index (χ1v) is 7.00. The topological polar surface area (TPSA) is 95.4 Å². The van der Waals surface area contributed by atoms with E-state index in [0.29, 0.717) is 24.7 Å². The third-order valence-corrected chi connectivity index (χ3v) is 3.37. The predicted octanol–water partition coefficient (Wildman–Crippen LogP) is 0.688. The zero-order valence-electron chi connectivity index (χ0n) is 12.5. The maximum absolute atomic E-state index is 12.0. The van der Waals surface area contributed by atoms with Crippen LogP contribution in [0.2, 0.25) is 0 Å². The van der Waals surface area contributed by atoms with Crippen molar-refractivity contribution in [2.45, 2.75) is 39.2 Å². The van der Waals surface area contributed by atoms with Crippen molar-refractivity contribution in [3.8, 4) is 0 Å². The molecule has 1 amide bonds.